The monoisotopic (exact) mass is 248 g/mol. The van der Waals surface area contributed by atoms with Crippen LogP contribution in [0.2, 0.25) is 5.02 Å². The SMILES string of the molecule is CCS(=O)(=O)C[C@@H](O)c1cccc(Cl)c1. The highest BCUT2D eigenvalue weighted by molar-refractivity contribution is 7.91. The van der Waals surface area contributed by atoms with Gasteiger partial charge in [0.15, 0.2) is 9.84 Å². The summed E-state index contributed by atoms with van der Waals surface area (Å²) in [7, 11) is -3.17. The Labute approximate surface area is 94.6 Å². The van der Waals surface area contributed by atoms with Crippen molar-refractivity contribution >= 4 is 21.4 Å². The van der Waals surface area contributed by atoms with E-state index in [0.29, 0.717) is 10.6 Å². The number of hydrogen-bond donors (Lipinski definition) is 1. The topological polar surface area (TPSA) is 54.4 Å². The lowest BCUT2D eigenvalue weighted by Gasteiger charge is -2.10. The van der Waals surface area contributed by atoms with E-state index in [9.17, 15) is 13.5 Å². The molecular weight excluding hydrogens is 236 g/mol. The van der Waals surface area contributed by atoms with E-state index in [2.05, 4.69) is 0 Å². The predicted octanol–water partition coefficient (Wildman–Crippen LogP) is 1.81. The number of hydrogen-bond acceptors (Lipinski definition) is 3. The zero-order chi connectivity index (χ0) is 11.5. The maximum atomic E-state index is 11.3. The van der Waals surface area contributed by atoms with Crippen LogP contribution in [0.1, 0.15) is 18.6 Å². The van der Waals surface area contributed by atoms with Crippen molar-refractivity contribution in [2.45, 2.75) is 13.0 Å². The van der Waals surface area contributed by atoms with Crippen molar-refractivity contribution in [3.05, 3.63) is 34.9 Å². The highest BCUT2D eigenvalue weighted by Gasteiger charge is 2.16. The Kier molecular flexibility index (Phi) is 4.13. The summed E-state index contributed by atoms with van der Waals surface area (Å²) in [5, 5.41) is 10.2. The molecule has 0 heterocycles. The Bertz CT molecular complexity index is 428. The maximum Gasteiger partial charge on any atom is 0.152 e. The summed E-state index contributed by atoms with van der Waals surface area (Å²) in [4.78, 5) is 0. The van der Waals surface area contributed by atoms with Gasteiger partial charge < -0.3 is 5.11 Å². The molecule has 1 rings (SSSR count). The Morgan fingerprint density at radius 2 is 2.13 bits per heavy atom. The molecule has 0 fully saturated rings. The minimum atomic E-state index is -3.17. The highest BCUT2D eigenvalue weighted by Crippen LogP contribution is 2.19. The summed E-state index contributed by atoms with van der Waals surface area (Å²) in [6.45, 7) is 1.56. The summed E-state index contributed by atoms with van der Waals surface area (Å²) in [5.74, 6) is -0.228. The van der Waals surface area contributed by atoms with Gasteiger partial charge >= 0.3 is 0 Å². The Balaban J connectivity index is 2.82. The first kappa shape index (κ1) is 12.5. The van der Waals surface area contributed by atoms with Crippen molar-refractivity contribution in [3.63, 3.8) is 0 Å². The molecule has 5 heteroatoms. The Morgan fingerprint density at radius 3 is 2.67 bits per heavy atom. The predicted molar refractivity (Wildman–Crippen MR) is 60.7 cm³/mol. The summed E-state index contributed by atoms with van der Waals surface area (Å²) >= 11 is 5.73. The molecular formula is C10H13ClO3S. The van der Waals surface area contributed by atoms with Gasteiger partial charge in [-0.3, -0.25) is 0 Å². The first-order chi connectivity index (χ1) is 6.94. The first-order valence-electron chi connectivity index (χ1n) is 4.58. The molecule has 0 aliphatic heterocycles. The molecule has 0 spiro atoms. The van der Waals surface area contributed by atoms with Gasteiger partial charge in [0.1, 0.15) is 0 Å². The fourth-order valence-electron chi connectivity index (χ4n) is 1.17. The molecule has 0 saturated carbocycles. The van der Waals surface area contributed by atoms with Crippen LogP contribution >= 0.6 is 11.6 Å². The van der Waals surface area contributed by atoms with Crippen LogP contribution in [0.3, 0.4) is 0 Å². The second kappa shape index (κ2) is 4.96. The fourth-order valence-corrected chi connectivity index (χ4v) is 2.28. The molecule has 1 atom stereocenters. The van der Waals surface area contributed by atoms with E-state index in [-0.39, 0.29) is 11.5 Å². The first-order valence-corrected chi connectivity index (χ1v) is 6.78. The summed E-state index contributed by atoms with van der Waals surface area (Å²) in [5.41, 5.74) is 0.527. The van der Waals surface area contributed by atoms with E-state index in [1.54, 1.807) is 31.2 Å². The van der Waals surface area contributed by atoms with Crippen LogP contribution < -0.4 is 0 Å². The summed E-state index contributed by atoms with van der Waals surface area (Å²) in [6, 6.07) is 6.57. The normalized spacial score (nSPS) is 13.8. The van der Waals surface area contributed by atoms with E-state index in [1.807, 2.05) is 0 Å². The van der Waals surface area contributed by atoms with E-state index in [1.165, 1.54) is 0 Å². The van der Waals surface area contributed by atoms with Crippen LogP contribution in [0.15, 0.2) is 24.3 Å². The van der Waals surface area contributed by atoms with Gasteiger partial charge in [-0.15, -0.1) is 0 Å². The summed E-state index contributed by atoms with van der Waals surface area (Å²) in [6.07, 6.45) is -1.01. The van der Waals surface area contributed by atoms with Crippen LogP contribution in [-0.4, -0.2) is 25.0 Å². The molecule has 0 bridgehead atoms. The number of benzene rings is 1. The molecule has 3 nitrogen and oxygen atoms in total. The largest absolute Gasteiger partial charge is 0.387 e. The average molecular weight is 249 g/mol. The Hall–Kier alpha value is -0.580. The number of aliphatic hydroxyl groups excluding tert-OH is 1. The second-order valence-corrected chi connectivity index (χ2v) is 6.10. The number of halogens is 1. The van der Waals surface area contributed by atoms with E-state index in [0.717, 1.165) is 0 Å². The van der Waals surface area contributed by atoms with E-state index in [4.69, 9.17) is 11.6 Å². The zero-order valence-corrected chi connectivity index (χ0v) is 9.92. The molecule has 0 radical (unpaired) electrons. The molecule has 0 aliphatic carbocycles. The molecule has 1 N–H and O–H groups in total. The van der Waals surface area contributed by atoms with Crippen LogP contribution in [0.4, 0.5) is 0 Å². The molecule has 0 aliphatic rings. The van der Waals surface area contributed by atoms with Gasteiger partial charge in [0.05, 0.1) is 11.9 Å². The van der Waals surface area contributed by atoms with Gasteiger partial charge in [-0.2, -0.15) is 0 Å². The molecule has 0 saturated heterocycles. The van der Waals surface area contributed by atoms with Crippen molar-refractivity contribution in [3.8, 4) is 0 Å². The third-order valence-electron chi connectivity index (χ3n) is 2.09. The number of aliphatic hydroxyl groups is 1. The lowest BCUT2D eigenvalue weighted by Crippen LogP contribution is -2.16. The van der Waals surface area contributed by atoms with Gasteiger partial charge in [-0.25, -0.2) is 8.42 Å². The molecule has 0 amide bonds. The van der Waals surface area contributed by atoms with Gasteiger partial charge in [0.25, 0.3) is 0 Å². The lowest BCUT2D eigenvalue weighted by molar-refractivity contribution is 0.201. The smallest absolute Gasteiger partial charge is 0.152 e. The van der Waals surface area contributed by atoms with Gasteiger partial charge in [0.2, 0.25) is 0 Å². The van der Waals surface area contributed by atoms with Gasteiger partial charge in [0, 0.05) is 10.8 Å². The zero-order valence-electron chi connectivity index (χ0n) is 8.35. The molecule has 1 aromatic carbocycles. The van der Waals surface area contributed by atoms with Gasteiger partial charge in [-0.05, 0) is 17.7 Å². The molecule has 84 valence electrons. The van der Waals surface area contributed by atoms with E-state index < -0.39 is 15.9 Å². The Morgan fingerprint density at radius 1 is 1.47 bits per heavy atom. The van der Waals surface area contributed by atoms with Crippen molar-refractivity contribution in [2.75, 3.05) is 11.5 Å². The minimum absolute atomic E-state index is 0.0324. The van der Waals surface area contributed by atoms with Crippen LogP contribution in [0.5, 0.6) is 0 Å². The minimum Gasteiger partial charge on any atom is -0.387 e. The van der Waals surface area contributed by atoms with Crippen LogP contribution in [-0.2, 0) is 9.84 Å². The average Bonchev–Trinajstić information content (AvgIpc) is 2.17. The van der Waals surface area contributed by atoms with Crippen LogP contribution in [0.25, 0.3) is 0 Å². The third-order valence-corrected chi connectivity index (χ3v) is 4.02. The number of sulfone groups is 1. The molecule has 0 aromatic heterocycles. The standard InChI is InChI=1S/C10H13ClO3S/c1-2-15(13,14)7-10(12)8-4-3-5-9(11)6-8/h3-6,10,12H,2,7H2,1H3/t10-/m1/s1. The quantitative estimate of drug-likeness (QED) is 0.884. The van der Waals surface area contributed by atoms with Crippen molar-refractivity contribution in [2.24, 2.45) is 0 Å². The second-order valence-electron chi connectivity index (χ2n) is 3.27. The highest BCUT2D eigenvalue weighted by atomic mass is 35.5. The fraction of sp³-hybridized carbons (Fsp3) is 0.400. The molecule has 15 heavy (non-hydrogen) atoms. The van der Waals surface area contributed by atoms with Crippen molar-refractivity contribution < 1.29 is 13.5 Å². The van der Waals surface area contributed by atoms with E-state index >= 15 is 0 Å². The summed E-state index contributed by atoms with van der Waals surface area (Å²) < 4.78 is 22.5. The maximum absolute atomic E-state index is 11.3. The third kappa shape index (κ3) is 3.81. The van der Waals surface area contributed by atoms with Crippen LogP contribution in [0, 0.1) is 0 Å². The van der Waals surface area contributed by atoms with Gasteiger partial charge in [-0.1, -0.05) is 30.7 Å². The van der Waals surface area contributed by atoms with Crippen molar-refractivity contribution in [1.82, 2.24) is 0 Å². The molecule has 0 unspecified atom stereocenters. The van der Waals surface area contributed by atoms with Crippen molar-refractivity contribution in [1.29, 1.82) is 0 Å². The number of rotatable bonds is 4. The molecule has 1 aromatic rings. The lowest BCUT2D eigenvalue weighted by atomic mass is 10.1.